The van der Waals surface area contributed by atoms with E-state index in [1.165, 1.54) is 0 Å². The molecule has 0 radical (unpaired) electrons. The van der Waals surface area contributed by atoms with E-state index < -0.39 is 13.4 Å². The van der Waals surface area contributed by atoms with E-state index in [-0.39, 0.29) is 42.4 Å². The molecule has 4 nitrogen and oxygen atoms in total. The minimum atomic E-state index is -5.12. The molecule has 0 saturated heterocycles. The summed E-state index contributed by atoms with van der Waals surface area (Å²) in [5.41, 5.74) is 0. The second-order valence-corrected chi connectivity index (χ2v) is 1.71. The van der Waals surface area contributed by atoms with E-state index in [0.29, 0.717) is 0 Å². The van der Waals surface area contributed by atoms with Crippen LogP contribution in [0.25, 0.3) is 0 Å². The van der Waals surface area contributed by atoms with Gasteiger partial charge in [0, 0.05) is 0 Å². The fraction of sp³-hybridized carbons (Fsp3) is 0. The average Bonchev–Trinajstić information content (AvgIpc) is 0.722. The maximum atomic E-state index is 8.80. The molecule has 0 rings (SSSR count). The summed E-state index contributed by atoms with van der Waals surface area (Å²) in [6.45, 7) is 0. The molecule has 8 heavy (non-hydrogen) atoms. The third-order valence-electron chi connectivity index (χ3n) is 0. The molecular weight excluding hydrogens is 172 g/mol. The molecule has 0 aromatic rings. The summed E-state index contributed by atoms with van der Waals surface area (Å²) < 4.78 is 31.8. The van der Waals surface area contributed by atoms with E-state index in [1.54, 1.807) is 0 Å². The summed E-state index contributed by atoms with van der Waals surface area (Å²) in [5, 5.41) is 0. The molecule has 0 amide bonds. The summed E-state index contributed by atoms with van der Waals surface area (Å²) in [7, 11) is 0. The van der Waals surface area contributed by atoms with Crippen LogP contribution in [0, 0.1) is 0 Å². The predicted octanol–water partition coefficient (Wildman–Crippen LogP) is -5.27. The Hall–Kier alpha value is 1.10. The predicted molar refractivity (Wildman–Crippen MR) is 19.4 cm³/mol. The standard InChI is InChI=1S/Al.FH.Li.Mn.2H2O.2O.4H/h;1H;;;2*1H2;;;;;;/q;;+1;+2;;;;;;;;-1/p-2. The van der Waals surface area contributed by atoms with Crippen LogP contribution in [-0.2, 0) is 21.0 Å². The van der Waals surface area contributed by atoms with E-state index in [9.17, 15) is 0 Å². The minimum absolute atomic E-state index is 0. The van der Waals surface area contributed by atoms with Gasteiger partial charge in [-0.1, -0.05) is 0 Å². The zero-order chi connectivity index (χ0) is 4.50. The molecule has 0 saturated carbocycles. The van der Waals surface area contributed by atoms with E-state index in [2.05, 4.69) is 0 Å². The molecule has 0 aromatic carbocycles. The number of rotatable bonds is 0. The normalized spacial score (nSPS) is 7.25. The van der Waals surface area contributed by atoms with Crippen LogP contribution in [0.1, 0.15) is 1.43 Å². The van der Waals surface area contributed by atoms with Gasteiger partial charge in [0.2, 0.25) is 0 Å². The first-order valence-electron chi connectivity index (χ1n) is 0.647. The first-order chi connectivity index (χ1) is 2.00. The van der Waals surface area contributed by atoms with Crippen LogP contribution < -0.4 is 18.9 Å². The van der Waals surface area contributed by atoms with Crippen molar-refractivity contribution in [1.82, 2.24) is 0 Å². The molecule has 0 aliphatic carbocycles. The maximum absolute atomic E-state index is 8.80. The Morgan fingerprint density at radius 3 is 1.25 bits per heavy atom. The van der Waals surface area contributed by atoms with Gasteiger partial charge in [-0.3, -0.25) is 4.70 Å². The van der Waals surface area contributed by atoms with Crippen molar-refractivity contribution in [3.63, 3.8) is 0 Å². The van der Waals surface area contributed by atoms with Gasteiger partial charge >= 0.3 is 48.3 Å². The van der Waals surface area contributed by atoms with Crippen molar-refractivity contribution in [1.29, 1.82) is 0 Å². The molecule has 0 aromatic heterocycles. The first kappa shape index (κ1) is 23.0. The van der Waals surface area contributed by atoms with Gasteiger partial charge in [0.25, 0.3) is 0 Å². The van der Waals surface area contributed by atoms with Crippen molar-refractivity contribution in [2.45, 2.75) is 0 Å². The van der Waals surface area contributed by atoms with E-state index in [4.69, 9.17) is 16.0 Å². The third kappa shape index (κ3) is 219. The van der Waals surface area contributed by atoms with Crippen molar-refractivity contribution >= 4 is 17.4 Å². The number of halogens is 1. The van der Waals surface area contributed by atoms with E-state index in [0.717, 1.165) is 0 Å². The Labute approximate surface area is 71.7 Å². The fourth-order valence-corrected chi connectivity index (χ4v) is 0. The zero-order valence-corrected chi connectivity index (χ0v) is 4.68. The second kappa shape index (κ2) is 8.10. The molecule has 49 valence electrons. The van der Waals surface area contributed by atoms with Gasteiger partial charge in [-0.25, -0.2) is 0 Å². The van der Waals surface area contributed by atoms with Crippen molar-refractivity contribution in [2.75, 3.05) is 0 Å². The van der Waals surface area contributed by atoms with Crippen LogP contribution >= 0.6 is 0 Å². The quantitative estimate of drug-likeness (QED) is 0.364. The Balaban J connectivity index is -0.0000000133. The van der Waals surface area contributed by atoms with Crippen LogP contribution in [0.2, 0.25) is 0 Å². The summed E-state index contributed by atoms with van der Waals surface area (Å²) in [4.78, 5) is 0. The molecular formula is H7AlFLiMnO4. The van der Waals surface area contributed by atoms with Crippen molar-refractivity contribution < 1.29 is 54.4 Å². The van der Waals surface area contributed by atoms with Gasteiger partial charge < -0.3 is 1.43 Å². The summed E-state index contributed by atoms with van der Waals surface area (Å²) >= 11 is -5.12. The SMILES string of the molecule is F.[AlH3].[H-].[Li+].[O]=[Mn](=[O])([OH])[OH]. The molecule has 0 heterocycles. The summed E-state index contributed by atoms with van der Waals surface area (Å²) in [6.07, 6.45) is 0. The topological polar surface area (TPSA) is 74.6 Å². The Kier molecular flexibility index (Phi) is 23.2. The molecule has 0 spiro atoms. The Morgan fingerprint density at radius 2 is 1.25 bits per heavy atom. The summed E-state index contributed by atoms with van der Waals surface area (Å²) in [5.74, 6) is 0. The monoisotopic (exact) mass is 179 g/mol. The number of hydrogen-bond acceptors (Lipinski definition) is 2. The van der Waals surface area contributed by atoms with Crippen molar-refractivity contribution in [3.05, 3.63) is 0 Å². The van der Waals surface area contributed by atoms with Crippen molar-refractivity contribution in [2.24, 2.45) is 0 Å². The molecule has 2 N–H and O–H groups in total. The third-order valence-corrected chi connectivity index (χ3v) is 0. The molecule has 0 aliphatic rings. The molecule has 0 atom stereocenters. The van der Waals surface area contributed by atoms with Gasteiger partial charge in [-0.05, 0) is 0 Å². The van der Waals surface area contributed by atoms with Gasteiger partial charge in [-0.15, -0.1) is 0 Å². The second-order valence-electron chi connectivity index (χ2n) is 0.415. The van der Waals surface area contributed by atoms with Gasteiger partial charge in [0.1, 0.15) is 0 Å². The van der Waals surface area contributed by atoms with Crippen LogP contribution in [0.3, 0.4) is 0 Å². The fourth-order valence-electron chi connectivity index (χ4n) is 0. The molecule has 0 unspecified atom stereocenters. The van der Waals surface area contributed by atoms with E-state index >= 15 is 0 Å². The Morgan fingerprint density at radius 1 is 1.25 bits per heavy atom. The zero-order valence-electron chi connectivity index (χ0n) is 4.50. The van der Waals surface area contributed by atoms with Crippen LogP contribution in [0.5, 0.6) is 0 Å². The number of hydrogen-bond donors (Lipinski definition) is 2. The van der Waals surface area contributed by atoms with E-state index in [1.807, 2.05) is 0 Å². The van der Waals surface area contributed by atoms with Gasteiger partial charge in [0.15, 0.2) is 17.4 Å². The van der Waals surface area contributed by atoms with Crippen LogP contribution in [-0.4, -0.2) is 25.7 Å². The van der Waals surface area contributed by atoms with Gasteiger partial charge in [-0.2, -0.15) is 0 Å². The molecule has 0 bridgehead atoms. The van der Waals surface area contributed by atoms with Crippen LogP contribution in [0.15, 0.2) is 0 Å². The molecule has 0 fully saturated rings. The van der Waals surface area contributed by atoms with Crippen molar-refractivity contribution in [3.8, 4) is 0 Å². The molecule has 8 heteroatoms. The molecule has 0 aliphatic heterocycles. The average molecular weight is 179 g/mol. The van der Waals surface area contributed by atoms with Gasteiger partial charge in [0.05, 0.1) is 0 Å². The summed E-state index contributed by atoms with van der Waals surface area (Å²) in [6, 6.07) is 0. The first-order valence-corrected chi connectivity index (χ1v) is 2.67. The Bertz CT molecular complexity index is 104. The van der Waals surface area contributed by atoms with Crippen LogP contribution in [0.4, 0.5) is 4.70 Å².